The third kappa shape index (κ3) is 5.18. The number of hydrogen-bond acceptors (Lipinski definition) is 6. The molecule has 3 rings (SSSR count). The topological polar surface area (TPSA) is 96.9 Å². The highest BCUT2D eigenvalue weighted by atomic mass is 32.1. The normalized spacial score (nSPS) is 11.6. The Hall–Kier alpha value is -3.13. The standard InChI is InChI=1S/C19H19N5O2S/c1-13(26)21-11-15-4-2-14(3-5-15)10-17(22-12-25)19-24-23-18(27-19)16-6-8-20-9-7-16/h2-9,12,17H,10-11H2,1H3,(H,21,26)(H,22,25). The van der Waals surface area contributed by atoms with Crippen molar-refractivity contribution in [3.05, 3.63) is 64.9 Å². The fraction of sp³-hybridized carbons (Fsp3) is 0.211. The summed E-state index contributed by atoms with van der Waals surface area (Å²) in [6.07, 6.45) is 4.70. The molecule has 0 aliphatic rings. The molecule has 1 unspecified atom stereocenters. The van der Waals surface area contributed by atoms with Crippen molar-refractivity contribution >= 4 is 23.7 Å². The third-order valence-corrected chi connectivity index (χ3v) is 5.03. The minimum absolute atomic E-state index is 0.0596. The average molecular weight is 381 g/mol. The highest BCUT2D eigenvalue weighted by Crippen LogP contribution is 2.28. The molecule has 27 heavy (non-hydrogen) atoms. The fourth-order valence-corrected chi connectivity index (χ4v) is 3.45. The largest absolute Gasteiger partial charge is 0.352 e. The van der Waals surface area contributed by atoms with E-state index in [0.29, 0.717) is 19.4 Å². The summed E-state index contributed by atoms with van der Waals surface area (Å²) in [6, 6.07) is 11.4. The Morgan fingerprint density at radius 2 is 1.81 bits per heavy atom. The van der Waals surface area contributed by atoms with Crippen molar-refractivity contribution in [1.29, 1.82) is 0 Å². The predicted molar refractivity (Wildman–Crippen MR) is 103 cm³/mol. The van der Waals surface area contributed by atoms with Crippen LogP contribution in [-0.4, -0.2) is 27.5 Å². The molecule has 0 spiro atoms. The van der Waals surface area contributed by atoms with Crippen LogP contribution in [0.2, 0.25) is 0 Å². The lowest BCUT2D eigenvalue weighted by Gasteiger charge is -2.13. The van der Waals surface area contributed by atoms with Gasteiger partial charge in [0.05, 0.1) is 6.04 Å². The summed E-state index contributed by atoms with van der Waals surface area (Å²) in [7, 11) is 0. The first kappa shape index (κ1) is 18.7. The van der Waals surface area contributed by atoms with Gasteiger partial charge in [-0.25, -0.2) is 0 Å². The van der Waals surface area contributed by atoms with Crippen molar-refractivity contribution in [3.8, 4) is 10.6 Å². The van der Waals surface area contributed by atoms with Crippen molar-refractivity contribution in [3.63, 3.8) is 0 Å². The molecule has 0 bridgehead atoms. The summed E-state index contributed by atoms with van der Waals surface area (Å²) >= 11 is 1.45. The van der Waals surface area contributed by atoms with E-state index in [2.05, 4.69) is 25.8 Å². The second-order valence-electron chi connectivity index (χ2n) is 5.95. The van der Waals surface area contributed by atoms with Crippen molar-refractivity contribution in [2.75, 3.05) is 0 Å². The van der Waals surface area contributed by atoms with Gasteiger partial charge < -0.3 is 10.6 Å². The molecule has 0 aliphatic carbocycles. The predicted octanol–water partition coefficient (Wildman–Crippen LogP) is 2.27. The number of hydrogen-bond donors (Lipinski definition) is 2. The van der Waals surface area contributed by atoms with Crippen LogP contribution in [0.15, 0.2) is 48.8 Å². The molecule has 1 atom stereocenters. The van der Waals surface area contributed by atoms with Gasteiger partial charge >= 0.3 is 0 Å². The molecule has 0 saturated heterocycles. The maximum absolute atomic E-state index is 11.1. The lowest BCUT2D eigenvalue weighted by molar-refractivity contribution is -0.119. The lowest BCUT2D eigenvalue weighted by atomic mass is 10.0. The summed E-state index contributed by atoms with van der Waals surface area (Å²) in [5.74, 6) is -0.0596. The van der Waals surface area contributed by atoms with Crippen LogP contribution in [0, 0.1) is 0 Å². The number of aromatic nitrogens is 3. The van der Waals surface area contributed by atoms with Crippen LogP contribution in [0.25, 0.3) is 10.6 Å². The molecular weight excluding hydrogens is 362 g/mol. The monoisotopic (exact) mass is 381 g/mol. The number of benzene rings is 1. The molecule has 0 aliphatic heterocycles. The first-order valence-corrected chi connectivity index (χ1v) is 9.23. The van der Waals surface area contributed by atoms with Gasteiger partial charge in [0.1, 0.15) is 10.0 Å². The SMILES string of the molecule is CC(=O)NCc1ccc(CC(NC=O)c2nnc(-c3ccncc3)s2)cc1. The molecule has 2 aromatic heterocycles. The Morgan fingerprint density at radius 3 is 2.48 bits per heavy atom. The summed E-state index contributed by atoms with van der Waals surface area (Å²) < 4.78 is 0. The van der Waals surface area contributed by atoms with Gasteiger partial charge in [-0.3, -0.25) is 14.6 Å². The minimum atomic E-state index is -0.253. The van der Waals surface area contributed by atoms with E-state index in [0.717, 1.165) is 26.7 Å². The van der Waals surface area contributed by atoms with Crippen molar-refractivity contribution < 1.29 is 9.59 Å². The van der Waals surface area contributed by atoms with Crippen LogP contribution in [0.5, 0.6) is 0 Å². The molecule has 3 aromatic rings. The van der Waals surface area contributed by atoms with E-state index in [1.54, 1.807) is 12.4 Å². The van der Waals surface area contributed by atoms with E-state index in [-0.39, 0.29) is 11.9 Å². The van der Waals surface area contributed by atoms with Crippen LogP contribution in [0.1, 0.15) is 29.1 Å². The zero-order chi connectivity index (χ0) is 19.1. The molecule has 2 heterocycles. The van der Waals surface area contributed by atoms with Gasteiger partial charge in [0.15, 0.2) is 0 Å². The molecule has 2 amide bonds. The van der Waals surface area contributed by atoms with Crippen LogP contribution in [-0.2, 0) is 22.6 Å². The number of carbonyl (C=O) groups excluding carboxylic acids is 2. The Labute approximate surface area is 160 Å². The maximum atomic E-state index is 11.1. The van der Waals surface area contributed by atoms with E-state index in [1.165, 1.54) is 18.3 Å². The van der Waals surface area contributed by atoms with Crippen LogP contribution in [0.4, 0.5) is 0 Å². The molecule has 138 valence electrons. The van der Waals surface area contributed by atoms with Crippen LogP contribution >= 0.6 is 11.3 Å². The van der Waals surface area contributed by atoms with Gasteiger partial charge in [0, 0.05) is 31.4 Å². The second kappa shape index (κ2) is 9.00. The number of amides is 2. The average Bonchev–Trinajstić information content (AvgIpc) is 3.18. The van der Waals surface area contributed by atoms with E-state index >= 15 is 0 Å². The number of rotatable bonds is 8. The molecule has 2 N–H and O–H groups in total. The van der Waals surface area contributed by atoms with E-state index in [1.807, 2.05) is 36.4 Å². The Kier molecular flexibility index (Phi) is 6.22. The summed E-state index contributed by atoms with van der Waals surface area (Å²) in [5.41, 5.74) is 3.02. The molecule has 0 radical (unpaired) electrons. The zero-order valence-electron chi connectivity index (χ0n) is 14.8. The van der Waals surface area contributed by atoms with Gasteiger partial charge in [0.2, 0.25) is 12.3 Å². The Balaban J connectivity index is 1.71. The third-order valence-electron chi connectivity index (χ3n) is 3.94. The fourth-order valence-electron chi connectivity index (χ4n) is 2.54. The van der Waals surface area contributed by atoms with Gasteiger partial charge in [-0.05, 0) is 29.7 Å². The minimum Gasteiger partial charge on any atom is -0.352 e. The number of nitrogens with one attached hydrogen (secondary N) is 2. The van der Waals surface area contributed by atoms with Crippen molar-refractivity contribution in [1.82, 2.24) is 25.8 Å². The van der Waals surface area contributed by atoms with Gasteiger partial charge in [-0.2, -0.15) is 0 Å². The van der Waals surface area contributed by atoms with Crippen LogP contribution in [0.3, 0.4) is 0 Å². The van der Waals surface area contributed by atoms with Crippen molar-refractivity contribution in [2.24, 2.45) is 0 Å². The molecule has 8 heteroatoms. The number of pyridine rings is 1. The Morgan fingerprint density at radius 1 is 1.11 bits per heavy atom. The number of carbonyl (C=O) groups is 2. The molecular formula is C19H19N5O2S. The van der Waals surface area contributed by atoms with E-state index < -0.39 is 0 Å². The van der Waals surface area contributed by atoms with E-state index in [4.69, 9.17) is 0 Å². The highest BCUT2D eigenvalue weighted by Gasteiger charge is 2.17. The molecule has 0 saturated carbocycles. The smallest absolute Gasteiger partial charge is 0.217 e. The Bertz CT molecular complexity index is 896. The zero-order valence-corrected chi connectivity index (χ0v) is 15.6. The van der Waals surface area contributed by atoms with Crippen LogP contribution < -0.4 is 10.6 Å². The quantitative estimate of drug-likeness (QED) is 0.584. The van der Waals surface area contributed by atoms with Gasteiger partial charge in [0.25, 0.3) is 0 Å². The van der Waals surface area contributed by atoms with Gasteiger partial charge in [-0.1, -0.05) is 35.6 Å². The first-order valence-electron chi connectivity index (χ1n) is 8.41. The lowest BCUT2D eigenvalue weighted by Crippen LogP contribution is -2.21. The van der Waals surface area contributed by atoms with E-state index in [9.17, 15) is 9.59 Å². The molecule has 7 nitrogen and oxygen atoms in total. The van der Waals surface area contributed by atoms with Crippen molar-refractivity contribution in [2.45, 2.75) is 25.9 Å². The summed E-state index contributed by atoms with van der Waals surface area (Å²) in [5, 5.41) is 15.6. The second-order valence-corrected chi connectivity index (χ2v) is 6.96. The summed E-state index contributed by atoms with van der Waals surface area (Å²) in [6.45, 7) is 1.99. The molecule has 1 aromatic carbocycles. The maximum Gasteiger partial charge on any atom is 0.217 e. The number of nitrogens with zero attached hydrogens (tertiary/aromatic N) is 3. The highest BCUT2D eigenvalue weighted by molar-refractivity contribution is 7.14. The first-order chi connectivity index (χ1) is 13.2. The summed E-state index contributed by atoms with van der Waals surface area (Å²) in [4.78, 5) is 26.1. The van der Waals surface area contributed by atoms with Gasteiger partial charge in [-0.15, -0.1) is 10.2 Å². The molecule has 0 fully saturated rings.